The summed E-state index contributed by atoms with van der Waals surface area (Å²) in [4.78, 5) is 24.4. The molecule has 1 heterocycles. The molecule has 1 aliphatic carbocycles. The molecule has 5 heteroatoms. The smallest absolute Gasteiger partial charge is 0.267 e. The van der Waals surface area contributed by atoms with Crippen molar-refractivity contribution in [3.63, 3.8) is 0 Å². The van der Waals surface area contributed by atoms with E-state index in [2.05, 4.69) is 17.3 Å². The van der Waals surface area contributed by atoms with Gasteiger partial charge in [-0.25, -0.2) is 4.68 Å². The Kier molecular flexibility index (Phi) is 4.51. The molecule has 0 aliphatic heterocycles. The molecule has 1 atom stereocenters. The highest BCUT2D eigenvalue weighted by atomic mass is 16.2. The van der Waals surface area contributed by atoms with Gasteiger partial charge in [-0.2, -0.15) is 5.10 Å². The number of benzene rings is 1. The van der Waals surface area contributed by atoms with Gasteiger partial charge in [-0.1, -0.05) is 13.0 Å². The van der Waals surface area contributed by atoms with E-state index in [1.54, 1.807) is 6.07 Å². The summed E-state index contributed by atoms with van der Waals surface area (Å²) < 4.78 is 1.27. The number of aromatic nitrogens is 2. The summed E-state index contributed by atoms with van der Waals surface area (Å²) in [5, 5.41) is 7.24. The Morgan fingerprint density at radius 3 is 2.83 bits per heavy atom. The maximum absolute atomic E-state index is 12.2. The zero-order valence-electron chi connectivity index (χ0n) is 14.4. The molecular formula is C19H23N3O2. The van der Waals surface area contributed by atoms with Crippen molar-refractivity contribution in [2.75, 3.05) is 5.32 Å². The van der Waals surface area contributed by atoms with E-state index in [1.807, 2.05) is 32.0 Å². The number of anilines is 1. The first kappa shape index (κ1) is 16.4. The minimum absolute atomic E-state index is 0.0609. The summed E-state index contributed by atoms with van der Waals surface area (Å²) in [5.41, 5.74) is 4.80. The number of fused-ring (bicyclic) bond motifs is 1. The first-order valence-electron chi connectivity index (χ1n) is 8.39. The van der Waals surface area contributed by atoms with E-state index in [9.17, 15) is 9.59 Å². The van der Waals surface area contributed by atoms with Crippen molar-refractivity contribution in [2.24, 2.45) is 5.92 Å². The van der Waals surface area contributed by atoms with E-state index < -0.39 is 0 Å². The lowest BCUT2D eigenvalue weighted by atomic mass is 9.88. The highest BCUT2D eigenvalue weighted by molar-refractivity contribution is 5.90. The zero-order valence-corrected chi connectivity index (χ0v) is 14.4. The van der Waals surface area contributed by atoms with Crippen LogP contribution in [0.2, 0.25) is 0 Å². The van der Waals surface area contributed by atoms with Crippen molar-refractivity contribution in [2.45, 2.75) is 46.6 Å². The van der Waals surface area contributed by atoms with Crippen molar-refractivity contribution in [1.82, 2.24) is 9.78 Å². The van der Waals surface area contributed by atoms with Crippen LogP contribution in [-0.2, 0) is 24.2 Å². The monoisotopic (exact) mass is 325 g/mol. The largest absolute Gasteiger partial charge is 0.324 e. The Morgan fingerprint density at radius 1 is 1.29 bits per heavy atom. The Balaban J connectivity index is 1.74. The second-order valence-corrected chi connectivity index (χ2v) is 6.81. The third-order valence-electron chi connectivity index (χ3n) is 4.69. The fourth-order valence-electron chi connectivity index (χ4n) is 3.08. The van der Waals surface area contributed by atoms with Crippen LogP contribution in [0.3, 0.4) is 0 Å². The van der Waals surface area contributed by atoms with Gasteiger partial charge in [-0.15, -0.1) is 0 Å². The van der Waals surface area contributed by atoms with E-state index in [1.165, 1.54) is 10.2 Å². The lowest BCUT2D eigenvalue weighted by Crippen LogP contribution is -2.32. The number of carbonyl (C=O) groups is 1. The molecule has 0 spiro atoms. The van der Waals surface area contributed by atoms with Crippen LogP contribution in [0.5, 0.6) is 0 Å². The summed E-state index contributed by atoms with van der Waals surface area (Å²) in [5.74, 6) is 0.347. The van der Waals surface area contributed by atoms with E-state index >= 15 is 0 Å². The van der Waals surface area contributed by atoms with Gasteiger partial charge in [0.15, 0.2) is 0 Å². The van der Waals surface area contributed by atoms with Gasteiger partial charge < -0.3 is 5.32 Å². The first-order chi connectivity index (χ1) is 11.4. The highest BCUT2D eigenvalue weighted by Crippen LogP contribution is 2.22. The Bertz CT molecular complexity index is 839. The van der Waals surface area contributed by atoms with Gasteiger partial charge in [0.1, 0.15) is 6.54 Å². The van der Waals surface area contributed by atoms with Crippen LogP contribution >= 0.6 is 0 Å². The van der Waals surface area contributed by atoms with Crippen LogP contribution in [-0.4, -0.2) is 15.7 Å². The Hall–Kier alpha value is -2.43. The van der Waals surface area contributed by atoms with E-state index in [-0.39, 0.29) is 18.0 Å². The summed E-state index contributed by atoms with van der Waals surface area (Å²) in [6, 6.07) is 7.40. The molecule has 0 fully saturated rings. The van der Waals surface area contributed by atoms with Crippen molar-refractivity contribution in [1.29, 1.82) is 0 Å². The molecule has 1 N–H and O–H groups in total. The van der Waals surface area contributed by atoms with Gasteiger partial charge >= 0.3 is 0 Å². The number of hydrogen-bond acceptors (Lipinski definition) is 3. The molecule has 1 amide bonds. The summed E-state index contributed by atoms with van der Waals surface area (Å²) >= 11 is 0. The summed E-state index contributed by atoms with van der Waals surface area (Å²) in [6.45, 7) is 6.15. The van der Waals surface area contributed by atoms with Crippen LogP contribution in [0.15, 0.2) is 29.1 Å². The van der Waals surface area contributed by atoms with E-state index in [4.69, 9.17) is 0 Å². The van der Waals surface area contributed by atoms with Gasteiger partial charge in [0.25, 0.3) is 5.56 Å². The molecule has 1 aromatic heterocycles. The number of hydrogen-bond donors (Lipinski definition) is 1. The third-order valence-corrected chi connectivity index (χ3v) is 4.69. The van der Waals surface area contributed by atoms with Gasteiger partial charge in [-0.05, 0) is 67.9 Å². The predicted octanol–water partition coefficient (Wildman–Crippen LogP) is 2.62. The molecule has 24 heavy (non-hydrogen) atoms. The molecule has 0 saturated carbocycles. The topological polar surface area (TPSA) is 64.0 Å². The SMILES string of the molecule is Cc1ccc(NC(=O)Cn2nc3c(cc2=O)C[C@H](C)CC3)cc1C. The van der Waals surface area contributed by atoms with Crippen molar-refractivity contribution in [3.8, 4) is 0 Å². The number of rotatable bonds is 3. The predicted molar refractivity (Wildman–Crippen MR) is 94.2 cm³/mol. The standard InChI is InChI=1S/C19H23N3O2/c1-12-4-7-17-15(8-12)10-19(24)22(21-17)11-18(23)20-16-6-5-13(2)14(3)9-16/h5-6,9-10,12H,4,7-8,11H2,1-3H3,(H,20,23)/t12-/m1/s1. The summed E-state index contributed by atoms with van der Waals surface area (Å²) in [6.07, 6.45) is 2.84. The van der Waals surface area contributed by atoms with Gasteiger partial charge in [-0.3, -0.25) is 9.59 Å². The van der Waals surface area contributed by atoms with Gasteiger partial charge in [0.2, 0.25) is 5.91 Å². The van der Waals surface area contributed by atoms with Gasteiger partial charge in [0, 0.05) is 11.8 Å². The maximum atomic E-state index is 12.2. The molecule has 1 aromatic carbocycles. The Labute approximate surface area is 141 Å². The van der Waals surface area contributed by atoms with E-state index in [0.29, 0.717) is 5.92 Å². The van der Waals surface area contributed by atoms with Gasteiger partial charge in [0.05, 0.1) is 5.69 Å². The fraction of sp³-hybridized carbons (Fsp3) is 0.421. The van der Waals surface area contributed by atoms with Crippen molar-refractivity contribution in [3.05, 3.63) is 57.0 Å². The summed E-state index contributed by atoms with van der Waals surface area (Å²) in [7, 11) is 0. The normalized spacial score (nSPS) is 16.5. The molecule has 0 radical (unpaired) electrons. The molecule has 0 saturated heterocycles. The van der Waals surface area contributed by atoms with Crippen LogP contribution in [0.4, 0.5) is 5.69 Å². The van der Waals surface area contributed by atoms with Crippen molar-refractivity contribution >= 4 is 11.6 Å². The molecule has 0 bridgehead atoms. The lowest BCUT2D eigenvalue weighted by molar-refractivity contribution is -0.117. The third kappa shape index (κ3) is 3.55. The van der Waals surface area contributed by atoms with Crippen LogP contribution < -0.4 is 10.9 Å². The molecule has 0 unspecified atom stereocenters. The molecule has 3 rings (SSSR count). The van der Waals surface area contributed by atoms with E-state index in [0.717, 1.165) is 41.8 Å². The maximum Gasteiger partial charge on any atom is 0.267 e. The number of nitrogens with zero attached hydrogens (tertiary/aromatic N) is 2. The van der Waals surface area contributed by atoms with Crippen molar-refractivity contribution < 1.29 is 4.79 Å². The lowest BCUT2D eigenvalue weighted by Gasteiger charge is -2.20. The number of aryl methyl sites for hydroxylation is 3. The minimum atomic E-state index is -0.239. The van der Waals surface area contributed by atoms with Crippen LogP contribution in [0.25, 0.3) is 0 Å². The molecule has 1 aliphatic rings. The quantitative estimate of drug-likeness (QED) is 0.943. The average Bonchev–Trinajstić information content (AvgIpc) is 2.52. The second kappa shape index (κ2) is 6.59. The molecular weight excluding hydrogens is 302 g/mol. The number of carbonyl (C=O) groups excluding carboxylic acids is 1. The van der Waals surface area contributed by atoms with Crippen LogP contribution in [0.1, 0.15) is 35.7 Å². The highest BCUT2D eigenvalue weighted by Gasteiger charge is 2.18. The molecule has 2 aromatic rings. The average molecular weight is 325 g/mol. The number of amides is 1. The molecule has 5 nitrogen and oxygen atoms in total. The minimum Gasteiger partial charge on any atom is -0.324 e. The Morgan fingerprint density at radius 2 is 2.08 bits per heavy atom. The first-order valence-corrected chi connectivity index (χ1v) is 8.39. The zero-order chi connectivity index (χ0) is 17.3. The van der Waals surface area contributed by atoms with Crippen LogP contribution in [0, 0.1) is 19.8 Å². The second-order valence-electron chi connectivity index (χ2n) is 6.81. The fourth-order valence-corrected chi connectivity index (χ4v) is 3.08. The molecule has 126 valence electrons. The number of nitrogens with one attached hydrogen (secondary N) is 1.